The Morgan fingerprint density at radius 1 is 1.10 bits per heavy atom. The van der Waals surface area contributed by atoms with Crippen molar-refractivity contribution in [1.82, 2.24) is 0 Å². The van der Waals surface area contributed by atoms with E-state index in [-0.39, 0.29) is 18.0 Å². The van der Waals surface area contributed by atoms with E-state index < -0.39 is 6.17 Å². The van der Waals surface area contributed by atoms with E-state index in [0.717, 1.165) is 38.5 Å². The van der Waals surface area contributed by atoms with Crippen LogP contribution in [0.25, 0.3) is 0 Å². The minimum Gasteiger partial charge on any atom is -0.459 e. The lowest BCUT2D eigenvalue weighted by Gasteiger charge is -2.38. The number of halogens is 1. The fraction of sp³-hybridized carbons (Fsp3) is 0.824. The molecule has 0 aromatic heterocycles. The highest BCUT2D eigenvalue weighted by Gasteiger charge is 2.34. The van der Waals surface area contributed by atoms with Gasteiger partial charge in [-0.1, -0.05) is 13.5 Å². The maximum atomic E-state index is 13.8. The first-order valence-corrected chi connectivity index (χ1v) is 7.98. The summed E-state index contributed by atoms with van der Waals surface area (Å²) in [6.45, 7) is 7.31. The SMILES string of the molecule is C=C(C)C(=O)OC1CCC(C2CCC(C)C(F)C2)CC1. The molecule has 20 heavy (non-hydrogen) atoms. The first-order chi connectivity index (χ1) is 9.47. The average Bonchev–Trinajstić information content (AvgIpc) is 2.42. The summed E-state index contributed by atoms with van der Waals surface area (Å²) in [6, 6.07) is 0. The molecule has 2 rings (SSSR count). The van der Waals surface area contributed by atoms with E-state index in [1.165, 1.54) is 6.42 Å². The van der Waals surface area contributed by atoms with Crippen LogP contribution >= 0.6 is 0 Å². The second-order valence-corrected chi connectivity index (χ2v) is 6.79. The molecule has 3 unspecified atom stereocenters. The number of esters is 1. The molecule has 0 aromatic carbocycles. The van der Waals surface area contributed by atoms with Gasteiger partial charge < -0.3 is 4.74 Å². The molecule has 0 heterocycles. The molecule has 2 nitrogen and oxygen atoms in total. The number of rotatable bonds is 3. The van der Waals surface area contributed by atoms with Gasteiger partial charge in [0, 0.05) is 5.57 Å². The molecule has 114 valence electrons. The Labute approximate surface area is 121 Å². The predicted octanol–water partition coefficient (Wildman–Crippen LogP) is 4.44. The van der Waals surface area contributed by atoms with E-state index in [4.69, 9.17) is 4.74 Å². The minimum atomic E-state index is -0.618. The lowest BCUT2D eigenvalue weighted by atomic mass is 9.70. The van der Waals surface area contributed by atoms with Crippen LogP contribution in [0.5, 0.6) is 0 Å². The van der Waals surface area contributed by atoms with Gasteiger partial charge in [-0.15, -0.1) is 0 Å². The van der Waals surface area contributed by atoms with Crippen molar-refractivity contribution < 1.29 is 13.9 Å². The molecule has 0 saturated heterocycles. The van der Waals surface area contributed by atoms with E-state index in [1.54, 1.807) is 6.92 Å². The third-order valence-electron chi connectivity index (χ3n) is 5.15. The number of ether oxygens (including phenoxy) is 1. The fourth-order valence-corrected chi connectivity index (χ4v) is 3.66. The fourth-order valence-electron chi connectivity index (χ4n) is 3.66. The lowest BCUT2D eigenvalue weighted by Crippen LogP contribution is -2.33. The highest BCUT2D eigenvalue weighted by Crippen LogP contribution is 2.41. The van der Waals surface area contributed by atoms with Crippen LogP contribution in [0.4, 0.5) is 4.39 Å². The Morgan fingerprint density at radius 3 is 2.25 bits per heavy atom. The molecule has 0 radical (unpaired) electrons. The predicted molar refractivity (Wildman–Crippen MR) is 78.1 cm³/mol. The molecular weight excluding hydrogens is 255 g/mol. The van der Waals surface area contributed by atoms with Crippen molar-refractivity contribution in [2.24, 2.45) is 17.8 Å². The Kier molecular flexibility index (Phi) is 5.22. The number of alkyl halides is 1. The number of carbonyl (C=O) groups excluding carboxylic acids is 1. The molecule has 3 atom stereocenters. The van der Waals surface area contributed by atoms with Crippen LogP contribution < -0.4 is 0 Å². The number of hydrogen-bond donors (Lipinski definition) is 0. The normalized spacial score (nSPS) is 38.2. The summed E-state index contributed by atoms with van der Waals surface area (Å²) in [5.74, 6) is 1.13. The van der Waals surface area contributed by atoms with Crippen molar-refractivity contribution in [3.8, 4) is 0 Å². The van der Waals surface area contributed by atoms with Gasteiger partial charge in [0.15, 0.2) is 0 Å². The van der Waals surface area contributed by atoms with E-state index in [1.807, 2.05) is 6.92 Å². The zero-order valence-corrected chi connectivity index (χ0v) is 12.7. The molecule has 2 fully saturated rings. The van der Waals surface area contributed by atoms with Crippen LogP contribution in [0.1, 0.15) is 58.8 Å². The second-order valence-electron chi connectivity index (χ2n) is 6.79. The highest BCUT2D eigenvalue weighted by molar-refractivity contribution is 5.87. The van der Waals surface area contributed by atoms with Crippen LogP contribution in [-0.4, -0.2) is 18.2 Å². The Hall–Kier alpha value is -0.860. The smallest absolute Gasteiger partial charge is 0.333 e. The van der Waals surface area contributed by atoms with Gasteiger partial charge in [0.1, 0.15) is 12.3 Å². The standard InChI is InChI=1S/C17H27FO2/c1-11(2)17(19)20-15-8-6-13(7-9-15)14-5-4-12(3)16(18)10-14/h12-16H,1,4-10H2,2-3H3. The van der Waals surface area contributed by atoms with Crippen LogP contribution in [0.2, 0.25) is 0 Å². The maximum Gasteiger partial charge on any atom is 0.333 e. The minimum absolute atomic E-state index is 0.0409. The summed E-state index contributed by atoms with van der Waals surface area (Å²) in [4.78, 5) is 11.5. The van der Waals surface area contributed by atoms with Gasteiger partial charge in [0.05, 0.1) is 0 Å². The van der Waals surface area contributed by atoms with Crippen molar-refractivity contribution in [2.45, 2.75) is 71.1 Å². The lowest BCUT2D eigenvalue weighted by molar-refractivity contribution is -0.146. The topological polar surface area (TPSA) is 26.3 Å². The summed E-state index contributed by atoms with van der Waals surface area (Å²) in [5, 5.41) is 0. The van der Waals surface area contributed by atoms with E-state index in [0.29, 0.717) is 17.4 Å². The van der Waals surface area contributed by atoms with Crippen molar-refractivity contribution in [2.75, 3.05) is 0 Å². The van der Waals surface area contributed by atoms with Gasteiger partial charge >= 0.3 is 5.97 Å². The second kappa shape index (κ2) is 6.73. The summed E-state index contributed by atoms with van der Waals surface area (Å²) in [5.41, 5.74) is 0.466. The Bertz CT molecular complexity index is 358. The largest absolute Gasteiger partial charge is 0.459 e. The molecule has 0 N–H and O–H groups in total. The van der Waals surface area contributed by atoms with Crippen LogP contribution in [0, 0.1) is 17.8 Å². The van der Waals surface area contributed by atoms with Crippen LogP contribution in [0.3, 0.4) is 0 Å². The number of hydrogen-bond acceptors (Lipinski definition) is 2. The molecule has 2 saturated carbocycles. The zero-order chi connectivity index (χ0) is 14.7. The van der Waals surface area contributed by atoms with E-state index >= 15 is 0 Å². The molecule has 0 aromatic rings. The molecule has 3 heteroatoms. The highest BCUT2D eigenvalue weighted by atomic mass is 19.1. The van der Waals surface area contributed by atoms with E-state index in [9.17, 15) is 9.18 Å². The van der Waals surface area contributed by atoms with Gasteiger partial charge in [0.25, 0.3) is 0 Å². The third-order valence-corrected chi connectivity index (χ3v) is 5.15. The van der Waals surface area contributed by atoms with E-state index in [2.05, 4.69) is 6.58 Å². The maximum absolute atomic E-state index is 13.8. The van der Waals surface area contributed by atoms with Gasteiger partial charge in [-0.2, -0.15) is 0 Å². The molecule has 2 aliphatic rings. The van der Waals surface area contributed by atoms with Crippen LogP contribution in [-0.2, 0) is 9.53 Å². The summed E-state index contributed by atoms with van der Waals surface area (Å²) in [7, 11) is 0. The Balaban J connectivity index is 1.77. The third kappa shape index (κ3) is 3.83. The molecule has 2 aliphatic carbocycles. The summed E-state index contributed by atoms with van der Waals surface area (Å²) < 4.78 is 19.3. The molecular formula is C17H27FO2. The molecule has 0 amide bonds. The quantitative estimate of drug-likeness (QED) is 0.565. The number of carbonyl (C=O) groups is 1. The average molecular weight is 282 g/mol. The van der Waals surface area contributed by atoms with Crippen LogP contribution in [0.15, 0.2) is 12.2 Å². The van der Waals surface area contributed by atoms with Gasteiger partial charge in [-0.05, 0) is 69.6 Å². The van der Waals surface area contributed by atoms with Crippen molar-refractivity contribution in [1.29, 1.82) is 0 Å². The first kappa shape index (κ1) is 15.5. The van der Waals surface area contributed by atoms with Gasteiger partial charge in [-0.3, -0.25) is 0 Å². The summed E-state index contributed by atoms with van der Waals surface area (Å²) >= 11 is 0. The van der Waals surface area contributed by atoms with Crippen molar-refractivity contribution >= 4 is 5.97 Å². The monoisotopic (exact) mass is 282 g/mol. The van der Waals surface area contributed by atoms with Crippen molar-refractivity contribution in [3.05, 3.63) is 12.2 Å². The first-order valence-electron chi connectivity index (χ1n) is 7.98. The molecule has 0 aliphatic heterocycles. The summed E-state index contributed by atoms with van der Waals surface area (Å²) in [6.07, 6.45) is 6.34. The molecule has 0 spiro atoms. The molecule has 0 bridgehead atoms. The zero-order valence-electron chi connectivity index (χ0n) is 12.7. The van der Waals surface area contributed by atoms with Gasteiger partial charge in [-0.25, -0.2) is 9.18 Å². The van der Waals surface area contributed by atoms with Crippen molar-refractivity contribution in [3.63, 3.8) is 0 Å². The van der Waals surface area contributed by atoms with Gasteiger partial charge in [0.2, 0.25) is 0 Å². The Morgan fingerprint density at radius 2 is 1.70 bits per heavy atom.